The summed E-state index contributed by atoms with van der Waals surface area (Å²) in [5.41, 5.74) is 2.02. The first-order valence-corrected chi connectivity index (χ1v) is 9.85. The maximum atomic E-state index is 13.1. The van der Waals surface area contributed by atoms with Crippen LogP contribution in [0.15, 0.2) is 85.1 Å². The molecule has 1 aromatic heterocycles. The predicted molar refractivity (Wildman–Crippen MR) is 117 cm³/mol. The van der Waals surface area contributed by atoms with Gasteiger partial charge in [-0.2, -0.15) is 4.98 Å². The van der Waals surface area contributed by atoms with Crippen molar-refractivity contribution in [2.75, 3.05) is 0 Å². The molecule has 0 aliphatic heterocycles. The minimum absolute atomic E-state index is 0.216. The number of nitrogens with zero attached hydrogens (tertiary/aromatic N) is 2. The van der Waals surface area contributed by atoms with Gasteiger partial charge in [0.15, 0.2) is 5.82 Å². The maximum Gasteiger partial charge on any atom is 0.251 e. The molecule has 5 nitrogen and oxygen atoms in total. The Morgan fingerprint density at radius 2 is 1.71 bits per heavy atom. The zero-order chi connectivity index (χ0) is 21.6. The van der Waals surface area contributed by atoms with E-state index in [1.807, 2.05) is 18.2 Å². The molecule has 0 fully saturated rings. The summed E-state index contributed by atoms with van der Waals surface area (Å²) in [6, 6.07) is 21.6. The molecular weight excluding hydrogens is 417 g/mol. The summed E-state index contributed by atoms with van der Waals surface area (Å²) in [5, 5.41) is 3.45. The van der Waals surface area contributed by atoms with Crippen molar-refractivity contribution in [3.63, 3.8) is 0 Å². The highest BCUT2D eigenvalue weighted by atomic mass is 35.5. The van der Waals surface area contributed by atoms with Gasteiger partial charge in [-0.05, 0) is 60.2 Å². The predicted octanol–water partition coefficient (Wildman–Crippen LogP) is 5.66. The number of halogens is 2. The molecule has 0 bridgehead atoms. The second-order valence-electron chi connectivity index (χ2n) is 6.63. The molecule has 0 aliphatic rings. The van der Waals surface area contributed by atoms with Crippen molar-refractivity contribution in [2.24, 2.45) is 0 Å². The Bertz CT molecular complexity index is 1200. The van der Waals surface area contributed by atoms with E-state index < -0.39 is 0 Å². The van der Waals surface area contributed by atoms with Crippen molar-refractivity contribution < 1.29 is 13.9 Å². The van der Waals surface area contributed by atoms with E-state index in [2.05, 4.69) is 15.3 Å². The summed E-state index contributed by atoms with van der Waals surface area (Å²) in [7, 11) is 0. The molecule has 0 atom stereocenters. The number of benzene rings is 3. The van der Waals surface area contributed by atoms with E-state index in [0.717, 1.165) is 5.56 Å². The molecule has 1 heterocycles. The molecule has 0 saturated heterocycles. The molecule has 0 unspecified atom stereocenters. The minimum atomic E-state index is -0.327. The number of hydrogen-bond donors (Lipinski definition) is 1. The number of aromatic nitrogens is 2. The lowest BCUT2D eigenvalue weighted by atomic mass is 10.2. The maximum absolute atomic E-state index is 13.1. The molecule has 154 valence electrons. The fourth-order valence-corrected chi connectivity index (χ4v) is 3.05. The fraction of sp³-hybridized carbons (Fsp3) is 0.0417. The second-order valence-corrected chi connectivity index (χ2v) is 7.03. The van der Waals surface area contributed by atoms with Crippen molar-refractivity contribution >= 4 is 17.5 Å². The molecule has 1 amide bonds. The van der Waals surface area contributed by atoms with Crippen LogP contribution in [0.1, 0.15) is 15.9 Å². The van der Waals surface area contributed by atoms with Gasteiger partial charge in [0.1, 0.15) is 11.6 Å². The summed E-state index contributed by atoms with van der Waals surface area (Å²) < 4.78 is 18.9. The number of ether oxygens (including phenoxy) is 1. The number of rotatable bonds is 6. The van der Waals surface area contributed by atoms with Gasteiger partial charge >= 0.3 is 0 Å². The Morgan fingerprint density at radius 3 is 2.45 bits per heavy atom. The third kappa shape index (κ3) is 5.24. The summed E-state index contributed by atoms with van der Waals surface area (Å²) in [6.45, 7) is 0.337. The first kappa shape index (κ1) is 20.5. The molecule has 0 aliphatic carbocycles. The summed E-state index contributed by atoms with van der Waals surface area (Å²) >= 11 is 6.11. The van der Waals surface area contributed by atoms with E-state index in [1.165, 1.54) is 12.1 Å². The van der Waals surface area contributed by atoms with Crippen molar-refractivity contribution in [1.29, 1.82) is 0 Å². The zero-order valence-corrected chi connectivity index (χ0v) is 17.0. The summed E-state index contributed by atoms with van der Waals surface area (Å²) in [5.74, 6) is 0.740. The van der Waals surface area contributed by atoms with Crippen LogP contribution in [-0.4, -0.2) is 15.9 Å². The molecule has 4 aromatic rings. The molecule has 0 radical (unpaired) electrons. The van der Waals surface area contributed by atoms with Crippen LogP contribution in [0.3, 0.4) is 0 Å². The van der Waals surface area contributed by atoms with Crippen molar-refractivity contribution in [2.45, 2.75) is 6.54 Å². The number of hydrogen-bond acceptors (Lipinski definition) is 4. The fourth-order valence-electron chi connectivity index (χ4n) is 2.85. The van der Waals surface area contributed by atoms with E-state index >= 15 is 0 Å². The quantitative estimate of drug-likeness (QED) is 0.426. The molecule has 0 spiro atoms. The zero-order valence-electron chi connectivity index (χ0n) is 16.3. The van der Waals surface area contributed by atoms with Crippen LogP contribution in [0.2, 0.25) is 5.02 Å². The van der Waals surface area contributed by atoms with E-state index in [-0.39, 0.29) is 11.7 Å². The van der Waals surface area contributed by atoms with Crippen molar-refractivity contribution in [3.8, 4) is 23.0 Å². The molecular formula is C24H17ClFN3O2. The van der Waals surface area contributed by atoms with Crippen molar-refractivity contribution in [1.82, 2.24) is 15.3 Å². The first-order valence-electron chi connectivity index (χ1n) is 9.47. The van der Waals surface area contributed by atoms with E-state index in [9.17, 15) is 9.18 Å². The van der Waals surface area contributed by atoms with E-state index in [0.29, 0.717) is 40.1 Å². The molecule has 31 heavy (non-hydrogen) atoms. The van der Waals surface area contributed by atoms with Crippen molar-refractivity contribution in [3.05, 3.63) is 107 Å². The Morgan fingerprint density at radius 1 is 0.968 bits per heavy atom. The molecule has 3 aromatic carbocycles. The molecule has 7 heteroatoms. The Balaban J connectivity index is 1.40. The van der Waals surface area contributed by atoms with Gasteiger partial charge in [0.25, 0.3) is 5.91 Å². The highest BCUT2D eigenvalue weighted by Gasteiger charge is 2.09. The van der Waals surface area contributed by atoms with Crippen LogP contribution in [-0.2, 0) is 6.54 Å². The van der Waals surface area contributed by atoms with Gasteiger partial charge in [-0.15, -0.1) is 0 Å². The van der Waals surface area contributed by atoms with Gasteiger partial charge < -0.3 is 10.1 Å². The number of carbonyl (C=O) groups is 1. The Labute approximate surface area is 183 Å². The van der Waals surface area contributed by atoms with Crippen LogP contribution in [0.4, 0.5) is 4.39 Å². The lowest BCUT2D eigenvalue weighted by Gasteiger charge is -2.09. The number of amides is 1. The third-order valence-electron chi connectivity index (χ3n) is 4.47. The SMILES string of the molecule is O=C(NCc1ccccc1Cl)c1ccc(Oc2ccnc(-c3ccc(F)cc3)n2)cc1. The van der Waals surface area contributed by atoms with Gasteiger partial charge in [0.05, 0.1) is 0 Å². The van der Waals surface area contributed by atoms with Gasteiger partial charge in [0.2, 0.25) is 5.88 Å². The average Bonchev–Trinajstić information content (AvgIpc) is 2.79. The number of nitrogens with one attached hydrogen (secondary N) is 1. The second kappa shape index (κ2) is 9.36. The van der Waals surface area contributed by atoms with Crippen LogP contribution >= 0.6 is 11.6 Å². The van der Waals surface area contributed by atoms with E-state index in [1.54, 1.807) is 54.7 Å². The Kier molecular flexibility index (Phi) is 6.19. The standard InChI is InChI=1S/C24H17ClFN3O2/c25-21-4-2-1-3-18(21)15-28-24(30)17-7-11-20(12-8-17)31-22-13-14-27-23(29-22)16-5-9-19(26)10-6-16/h1-14H,15H2,(H,28,30). The number of carbonyl (C=O) groups excluding carboxylic acids is 1. The van der Waals surface area contributed by atoms with Crippen LogP contribution in [0.5, 0.6) is 11.6 Å². The normalized spacial score (nSPS) is 10.5. The third-order valence-corrected chi connectivity index (χ3v) is 4.84. The molecule has 0 saturated carbocycles. The largest absolute Gasteiger partial charge is 0.439 e. The summed E-state index contributed by atoms with van der Waals surface area (Å²) in [6.07, 6.45) is 1.57. The van der Waals surface area contributed by atoms with Gasteiger partial charge in [0, 0.05) is 35.0 Å². The van der Waals surface area contributed by atoms with Gasteiger partial charge in [-0.3, -0.25) is 4.79 Å². The highest BCUT2D eigenvalue weighted by Crippen LogP contribution is 2.23. The average molecular weight is 434 g/mol. The first-order chi connectivity index (χ1) is 15.1. The lowest BCUT2D eigenvalue weighted by Crippen LogP contribution is -2.22. The van der Waals surface area contributed by atoms with Crippen LogP contribution in [0, 0.1) is 5.82 Å². The highest BCUT2D eigenvalue weighted by molar-refractivity contribution is 6.31. The molecule has 1 N–H and O–H groups in total. The Hall–Kier alpha value is -3.77. The van der Waals surface area contributed by atoms with Gasteiger partial charge in [-0.1, -0.05) is 29.8 Å². The van der Waals surface area contributed by atoms with Crippen LogP contribution in [0.25, 0.3) is 11.4 Å². The summed E-state index contributed by atoms with van der Waals surface area (Å²) in [4.78, 5) is 20.9. The molecule has 4 rings (SSSR count). The van der Waals surface area contributed by atoms with Crippen LogP contribution < -0.4 is 10.1 Å². The monoisotopic (exact) mass is 433 g/mol. The topological polar surface area (TPSA) is 64.1 Å². The minimum Gasteiger partial charge on any atom is -0.439 e. The lowest BCUT2D eigenvalue weighted by molar-refractivity contribution is 0.0951. The smallest absolute Gasteiger partial charge is 0.251 e. The van der Waals surface area contributed by atoms with E-state index in [4.69, 9.17) is 16.3 Å². The van der Waals surface area contributed by atoms with Gasteiger partial charge in [-0.25, -0.2) is 9.37 Å².